The number of hydrogen-bond donors (Lipinski definition) is 0. The van der Waals surface area contributed by atoms with Gasteiger partial charge in [0.05, 0.1) is 16.9 Å². The molecule has 1 aliphatic carbocycles. The molecule has 1 heterocycles. The number of fused-ring (bicyclic) bond motifs is 1. The summed E-state index contributed by atoms with van der Waals surface area (Å²) in [4.78, 5) is 15.0. The largest absolute Gasteiger partial charge is 0.461 e. The molecule has 2 aromatic rings. The van der Waals surface area contributed by atoms with E-state index in [0.717, 1.165) is 36.5 Å². The summed E-state index contributed by atoms with van der Waals surface area (Å²) in [5.74, 6) is 1.44. The van der Waals surface area contributed by atoms with Crippen molar-refractivity contribution >= 4 is 17.4 Å². The van der Waals surface area contributed by atoms with Gasteiger partial charge in [0.1, 0.15) is 10.6 Å². The molecule has 0 aliphatic heterocycles. The highest BCUT2D eigenvalue weighted by Gasteiger charge is 2.29. The molecule has 0 amide bonds. The van der Waals surface area contributed by atoms with E-state index >= 15 is 0 Å². The van der Waals surface area contributed by atoms with Crippen molar-refractivity contribution in [2.75, 3.05) is 6.26 Å². The molecule has 0 fully saturated rings. The number of nitrogens with zero attached hydrogens (tertiary/aromatic N) is 2. The van der Waals surface area contributed by atoms with Gasteiger partial charge < -0.3 is 0 Å². The van der Waals surface area contributed by atoms with E-state index in [9.17, 15) is 10.1 Å². The van der Waals surface area contributed by atoms with E-state index < -0.39 is 4.92 Å². The van der Waals surface area contributed by atoms with Gasteiger partial charge >= 0.3 is 11.7 Å². The van der Waals surface area contributed by atoms with Crippen molar-refractivity contribution in [2.24, 2.45) is 0 Å². The van der Waals surface area contributed by atoms with Crippen LogP contribution in [-0.4, -0.2) is 16.2 Å². The Morgan fingerprint density at radius 2 is 2.14 bits per heavy atom. The van der Waals surface area contributed by atoms with E-state index in [1.54, 1.807) is 23.9 Å². The lowest BCUT2D eigenvalue weighted by atomic mass is 9.98. The Hall–Kier alpha value is -1.95. The van der Waals surface area contributed by atoms with E-state index in [-0.39, 0.29) is 5.69 Å². The fourth-order valence-corrected chi connectivity index (χ4v) is 3.20. The Labute approximate surface area is 126 Å². The standard InChI is InChI=1S/C15H15N2O3S/c1-21-15-12-7-2-3-8-13(12)20-14(16-15)10-5-4-6-11(9-10)17(18)19/h4-6,9H,2-3,7-8H2,1H3/q+1. The number of nitro groups is 1. The van der Waals surface area contributed by atoms with Crippen molar-refractivity contribution in [3.63, 3.8) is 0 Å². The smallest absolute Gasteiger partial charge is 0.258 e. The van der Waals surface area contributed by atoms with E-state index in [1.165, 1.54) is 17.7 Å². The lowest BCUT2D eigenvalue weighted by molar-refractivity contribution is -0.384. The molecule has 0 saturated heterocycles. The zero-order chi connectivity index (χ0) is 14.8. The second-order valence-electron chi connectivity index (χ2n) is 4.94. The first-order valence-electron chi connectivity index (χ1n) is 6.84. The van der Waals surface area contributed by atoms with Crippen molar-refractivity contribution in [1.82, 2.24) is 4.98 Å². The third kappa shape index (κ3) is 2.76. The highest BCUT2D eigenvalue weighted by molar-refractivity contribution is 7.98. The normalized spacial score (nSPS) is 13.8. The third-order valence-electron chi connectivity index (χ3n) is 3.60. The molecular weight excluding hydrogens is 288 g/mol. The van der Waals surface area contributed by atoms with Crippen molar-refractivity contribution in [3.8, 4) is 11.5 Å². The summed E-state index contributed by atoms with van der Waals surface area (Å²) in [6, 6.07) is 6.42. The zero-order valence-electron chi connectivity index (χ0n) is 11.7. The number of nitro benzene ring substituents is 1. The van der Waals surface area contributed by atoms with Crippen LogP contribution in [0.2, 0.25) is 0 Å². The minimum Gasteiger partial charge on any atom is -0.258 e. The summed E-state index contributed by atoms with van der Waals surface area (Å²) in [7, 11) is 0. The fraction of sp³-hybridized carbons (Fsp3) is 0.333. The van der Waals surface area contributed by atoms with Gasteiger partial charge in [-0.15, -0.1) is 16.7 Å². The average Bonchev–Trinajstić information content (AvgIpc) is 2.53. The Morgan fingerprint density at radius 3 is 2.90 bits per heavy atom. The predicted octanol–water partition coefficient (Wildman–Crippen LogP) is 4.13. The Balaban J connectivity index is 2.10. The summed E-state index contributed by atoms with van der Waals surface area (Å²) >= 11 is 1.60. The molecule has 1 aliphatic rings. The van der Waals surface area contributed by atoms with Crippen LogP contribution in [0.5, 0.6) is 0 Å². The number of benzene rings is 1. The summed E-state index contributed by atoms with van der Waals surface area (Å²) in [6.45, 7) is 0. The second-order valence-corrected chi connectivity index (χ2v) is 5.74. The predicted molar refractivity (Wildman–Crippen MR) is 81.4 cm³/mol. The molecule has 3 rings (SSSR count). The molecule has 5 nitrogen and oxygen atoms in total. The second kappa shape index (κ2) is 5.81. The van der Waals surface area contributed by atoms with Crippen LogP contribution in [0.1, 0.15) is 24.2 Å². The number of hydrogen-bond acceptors (Lipinski definition) is 4. The minimum atomic E-state index is -0.405. The van der Waals surface area contributed by atoms with E-state index in [0.29, 0.717) is 11.5 Å². The van der Waals surface area contributed by atoms with Gasteiger partial charge in [-0.3, -0.25) is 10.1 Å². The average molecular weight is 303 g/mol. The van der Waals surface area contributed by atoms with Crippen LogP contribution in [0.15, 0.2) is 33.7 Å². The molecule has 108 valence electrons. The monoisotopic (exact) mass is 303 g/mol. The van der Waals surface area contributed by atoms with Gasteiger partial charge in [0.25, 0.3) is 5.69 Å². The van der Waals surface area contributed by atoms with Crippen molar-refractivity contribution in [1.29, 1.82) is 0 Å². The molecule has 0 saturated carbocycles. The molecule has 0 spiro atoms. The van der Waals surface area contributed by atoms with Crippen LogP contribution in [0.25, 0.3) is 11.5 Å². The Kier molecular flexibility index (Phi) is 3.88. The Morgan fingerprint density at radius 1 is 1.33 bits per heavy atom. The first-order valence-corrected chi connectivity index (χ1v) is 8.06. The van der Waals surface area contributed by atoms with Crippen LogP contribution in [0.4, 0.5) is 5.69 Å². The van der Waals surface area contributed by atoms with Gasteiger partial charge in [0, 0.05) is 12.1 Å². The molecule has 21 heavy (non-hydrogen) atoms. The van der Waals surface area contributed by atoms with Crippen molar-refractivity contribution in [2.45, 2.75) is 30.7 Å². The van der Waals surface area contributed by atoms with Crippen LogP contribution in [-0.2, 0) is 12.8 Å². The van der Waals surface area contributed by atoms with Gasteiger partial charge in [-0.25, -0.2) is 0 Å². The van der Waals surface area contributed by atoms with Crippen LogP contribution in [0.3, 0.4) is 0 Å². The molecule has 0 radical (unpaired) electrons. The lowest BCUT2D eigenvalue weighted by Gasteiger charge is -2.10. The van der Waals surface area contributed by atoms with Gasteiger partial charge in [0.15, 0.2) is 0 Å². The molecule has 0 atom stereocenters. The maximum absolute atomic E-state index is 10.9. The quantitative estimate of drug-likeness (QED) is 0.369. The lowest BCUT2D eigenvalue weighted by Crippen LogP contribution is -2.06. The molecular formula is C15H15N2O3S+. The maximum atomic E-state index is 10.9. The number of thioether (sulfide) groups is 1. The van der Waals surface area contributed by atoms with E-state index in [4.69, 9.17) is 4.42 Å². The summed E-state index contributed by atoms with van der Waals surface area (Å²) < 4.78 is 5.92. The third-order valence-corrected chi connectivity index (χ3v) is 4.32. The number of rotatable bonds is 3. The molecule has 6 heteroatoms. The SMILES string of the molecule is CSc1nc(-c2cccc([N+](=O)[O-])c2)[o+]c2c1CCCC2. The van der Waals surface area contributed by atoms with Gasteiger partial charge in [-0.05, 0) is 31.6 Å². The maximum Gasteiger partial charge on any atom is 0.461 e. The molecule has 1 aromatic heterocycles. The molecule has 0 bridgehead atoms. The van der Waals surface area contributed by atoms with E-state index in [2.05, 4.69) is 4.98 Å². The highest BCUT2D eigenvalue weighted by atomic mass is 32.2. The highest BCUT2D eigenvalue weighted by Crippen LogP contribution is 2.33. The summed E-state index contributed by atoms with van der Waals surface area (Å²) in [5, 5.41) is 11.9. The van der Waals surface area contributed by atoms with Crippen molar-refractivity contribution < 1.29 is 9.34 Å². The van der Waals surface area contributed by atoms with Crippen LogP contribution < -0.4 is 0 Å². The first-order chi connectivity index (χ1) is 10.2. The van der Waals surface area contributed by atoms with Gasteiger partial charge in [0.2, 0.25) is 0 Å². The topological polar surface area (TPSA) is 67.3 Å². The minimum absolute atomic E-state index is 0.0490. The van der Waals surface area contributed by atoms with E-state index in [1.807, 2.05) is 6.26 Å². The molecule has 0 unspecified atom stereocenters. The van der Waals surface area contributed by atoms with Crippen LogP contribution in [0, 0.1) is 10.1 Å². The fourth-order valence-electron chi connectivity index (χ4n) is 2.56. The molecule has 0 N–H and O–H groups in total. The number of aromatic nitrogens is 1. The number of non-ortho nitro benzene ring substituents is 1. The summed E-state index contributed by atoms with van der Waals surface area (Å²) in [5.41, 5.74) is 1.89. The van der Waals surface area contributed by atoms with Crippen LogP contribution >= 0.6 is 11.8 Å². The number of aryl methyl sites for hydroxylation is 1. The van der Waals surface area contributed by atoms with Gasteiger partial charge in [-0.2, -0.15) is 4.42 Å². The first kappa shape index (κ1) is 14.0. The molecule has 1 aromatic carbocycles. The van der Waals surface area contributed by atoms with Crippen molar-refractivity contribution in [3.05, 3.63) is 45.7 Å². The zero-order valence-corrected chi connectivity index (χ0v) is 12.5. The van der Waals surface area contributed by atoms with Gasteiger partial charge in [-0.1, -0.05) is 6.07 Å². The summed E-state index contributed by atoms with van der Waals surface area (Å²) in [6.07, 6.45) is 6.18. The Bertz CT molecular complexity index is 686.